The first-order valence-corrected chi connectivity index (χ1v) is 5.21. The zero-order chi connectivity index (χ0) is 11.7. The maximum atomic E-state index is 13.2. The van der Waals surface area contributed by atoms with Crippen LogP contribution in [0.25, 0.3) is 11.4 Å². The van der Waals surface area contributed by atoms with Crippen molar-refractivity contribution < 1.29 is 4.39 Å². The summed E-state index contributed by atoms with van der Waals surface area (Å²) in [5, 5.41) is 0.365. The first-order chi connectivity index (χ1) is 7.54. The van der Waals surface area contributed by atoms with Gasteiger partial charge in [0.15, 0.2) is 5.82 Å². The van der Waals surface area contributed by atoms with E-state index in [4.69, 9.17) is 11.6 Å². The molecule has 0 saturated heterocycles. The fourth-order valence-electron chi connectivity index (χ4n) is 1.52. The molecule has 16 heavy (non-hydrogen) atoms. The Morgan fingerprint density at radius 1 is 1.06 bits per heavy atom. The van der Waals surface area contributed by atoms with Gasteiger partial charge in [-0.05, 0) is 43.7 Å². The molecule has 0 bridgehead atoms. The lowest BCUT2D eigenvalue weighted by atomic mass is 10.1. The first kappa shape index (κ1) is 11.0. The van der Waals surface area contributed by atoms with Gasteiger partial charge < -0.3 is 0 Å². The zero-order valence-electron chi connectivity index (χ0n) is 8.96. The van der Waals surface area contributed by atoms with Crippen LogP contribution in [0.2, 0.25) is 5.15 Å². The second kappa shape index (κ2) is 4.18. The van der Waals surface area contributed by atoms with E-state index in [-0.39, 0.29) is 5.82 Å². The lowest BCUT2D eigenvalue weighted by Crippen LogP contribution is -1.93. The van der Waals surface area contributed by atoms with Crippen LogP contribution in [0.15, 0.2) is 24.3 Å². The van der Waals surface area contributed by atoms with Gasteiger partial charge in [0.05, 0.1) is 0 Å². The molecule has 0 saturated carbocycles. The molecule has 0 spiro atoms. The second-order valence-corrected chi connectivity index (χ2v) is 4.06. The molecule has 0 N–H and O–H groups in total. The number of rotatable bonds is 1. The van der Waals surface area contributed by atoms with Crippen molar-refractivity contribution in [3.63, 3.8) is 0 Å². The maximum absolute atomic E-state index is 13.2. The number of aryl methyl sites for hydroxylation is 2. The van der Waals surface area contributed by atoms with Crippen LogP contribution in [0.1, 0.15) is 11.3 Å². The SMILES string of the molecule is Cc1cc(F)cc(-c2nc(C)cc(Cl)n2)c1. The van der Waals surface area contributed by atoms with Crippen molar-refractivity contribution in [2.24, 2.45) is 0 Å². The van der Waals surface area contributed by atoms with Crippen molar-refractivity contribution in [1.29, 1.82) is 0 Å². The minimum Gasteiger partial charge on any atom is -0.233 e. The van der Waals surface area contributed by atoms with E-state index in [0.29, 0.717) is 16.5 Å². The molecule has 0 amide bonds. The predicted octanol–water partition coefficient (Wildman–Crippen LogP) is 3.55. The quantitative estimate of drug-likeness (QED) is 0.708. The molecule has 0 aliphatic rings. The van der Waals surface area contributed by atoms with Gasteiger partial charge in [0, 0.05) is 11.3 Å². The van der Waals surface area contributed by atoms with Gasteiger partial charge in [0.2, 0.25) is 0 Å². The van der Waals surface area contributed by atoms with E-state index in [2.05, 4.69) is 9.97 Å². The maximum Gasteiger partial charge on any atom is 0.161 e. The van der Waals surface area contributed by atoms with Gasteiger partial charge >= 0.3 is 0 Å². The predicted molar refractivity (Wildman–Crippen MR) is 61.9 cm³/mol. The summed E-state index contributed by atoms with van der Waals surface area (Å²) < 4.78 is 13.2. The van der Waals surface area contributed by atoms with Crippen LogP contribution in [0.4, 0.5) is 4.39 Å². The second-order valence-electron chi connectivity index (χ2n) is 3.67. The van der Waals surface area contributed by atoms with E-state index in [1.165, 1.54) is 12.1 Å². The Balaban J connectivity index is 2.57. The molecule has 1 heterocycles. The molecule has 0 aliphatic carbocycles. The highest BCUT2D eigenvalue weighted by molar-refractivity contribution is 6.29. The molecule has 1 aromatic carbocycles. The average molecular weight is 237 g/mol. The standard InChI is InChI=1S/C12H10ClFN2/c1-7-3-9(6-10(14)4-7)12-15-8(2)5-11(13)16-12/h3-6H,1-2H3. The van der Waals surface area contributed by atoms with E-state index in [0.717, 1.165) is 11.3 Å². The third-order valence-electron chi connectivity index (χ3n) is 2.12. The van der Waals surface area contributed by atoms with E-state index in [1.54, 1.807) is 6.07 Å². The lowest BCUT2D eigenvalue weighted by molar-refractivity contribution is 0.627. The Bertz CT molecular complexity index is 451. The smallest absolute Gasteiger partial charge is 0.161 e. The number of benzene rings is 1. The highest BCUT2D eigenvalue weighted by atomic mass is 35.5. The number of nitrogens with zero attached hydrogens (tertiary/aromatic N) is 2. The number of hydrogen-bond donors (Lipinski definition) is 0. The van der Waals surface area contributed by atoms with Gasteiger partial charge in [-0.1, -0.05) is 11.6 Å². The van der Waals surface area contributed by atoms with Crippen molar-refractivity contribution in [1.82, 2.24) is 9.97 Å². The molecule has 82 valence electrons. The monoisotopic (exact) mass is 236 g/mol. The van der Waals surface area contributed by atoms with Gasteiger partial charge in [0.1, 0.15) is 11.0 Å². The molecule has 2 aromatic rings. The summed E-state index contributed by atoms with van der Waals surface area (Å²) in [6.07, 6.45) is 0. The Morgan fingerprint density at radius 3 is 2.44 bits per heavy atom. The summed E-state index contributed by atoms with van der Waals surface area (Å²) in [5.41, 5.74) is 2.23. The summed E-state index contributed by atoms with van der Waals surface area (Å²) >= 11 is 5.83. The van der Waals surface area contributed by atoms with Crippen LogP contribution in [-0.2, 0) is 0 Å². The minimum atomic E-state index is -0.295. The van der Waals surface area contributed by atoms with Crippen molar-refractivity contribution in [3.8, 4) is 11.4 Å². The Kier molecular flexibility index (Phi) is 2.88. The van der Waals surface area contributed by atoms with Crippen LogP contribution in [0, 0.1) is 19.7 Å². The molecule has 0 fully saturated rings. The molecule has 2 nitrogen and oxygen atoms in total. The molecule has 0 unspecified atom stereocenters. The number of hydrogen-bond acceptors (Lipinski definition) is 2. The largest absolute Gasteiger partial charge is 0.233 e. The normalized spacial score (nSPS) is 10.5. The van der Waals surface area contributed by atoms with E-state index in [9.17, 15) is 4.39 Å². The third-order valence-corrected chi connectivity index (χ3v) is 2.32. The number of aromatic nitrogens is 2. The summed E-state index contributed by atoms with van der Waals surface area (Å²) in [4.78, 5) is 8.30. The average Bonchev–Trinajstić information content (AvgIpc) is 2.14. The highest BCUT2D eigenvalue weighted by Crippen LogP contribution is 2.20. The van der Waals surface area contributed by atoms with Gasteiger partial charge in [-0.15, -0.1) is 0 Å². The molecule has 0 aliphatic heterocycles. The van der Waals surface area contributed by atoms with E-state index in [1.807, 2.05) is 19.9 Å². The van der Waals surface area contributed by atoms with Crippen molar-refractivity contribution in [2.45, 2.75) is 13.8 Å². The highest BCUT2D eigenvalue weighted by Gasteiger charge is 2.06. The summed E-state index contributed by atoms with van der Waals surface area (Å²) in [5.74, 6) is 0.156. The molecule has 0 atom stereocenters. The van der Waals surface area contributed by atoms with Crippen LogP contribution in [0.5, 0.6) is 0 Å². The Labute approximate surface area is 98.1 Å². The fraction of sp³-hybridized carbons (Fsp3) is 0.167. The molecular weight excluding hydrogens is 227 g/mol. The summed E-state index contributed by atoms with van der Waals surface area (Å²) in [6.45, 7) is 3.65. The lowest BCUT2D eigenvalue weighted by Gasteiger charge is -2.03. The summed E-state index contributed by atoms with van der Waals surface area (Å²) in [6, 6.07) is 6.35. The summed E-state index contributed by atoms with van der Waals surface area (Å²) in [7, 11) is 0. The van der Waals surface area contributed by atoms with Gasteiger partial charge in [0.25, 0.3) is 0 Å². The zero-order valence-corrected chi connectivity index (χ0v) is 9.72. The molecule has 2 rings (SSSR count). The van der Waals surface area contributed by atoms with Crippen molar-refractivity contribution in [3.05, 3.63) is 46.5 Å². The topological polar surface area (TPSA) is 25.8 Å². The van der Waals surface area contributed by atoms with E-state index < -0.39 is 0 Å². The first-order valence-electron chi connectivity index (χ1n) is 4.83. The van der Waals surface area contributed by atoms with Gasteiger partial charge in [-0.25, -0.2) is 14.4 Å². The molecule has 0 radical (unpaired) electrons. The van der Waals surface area contributed by atoms with Crippen molar-refractivity contribution >= 4 is 11.6 Å². The van der Waals surface area contributed by atoms with Gasteiger partial charge in [-0.3, -0.25) is 0 Å². The molecule has 1 aromatic heterocycles. The van der Waals surface area contributed by atoms with Crippen molar-refractivity contribution in [2.75, 3.05) is 0 Å². The third kappa shape index (κ3) is 2.36. The van der Waals surface area contributed by atoms with Crippen LogP contribution in [-0.4, -0.2) is 9.97 Å². The van der Waals surface area contributed by atoms with Gasteiger partial charge in [-0.2, -0.15) is 0 Å². The van der Waals surface area contributed by atoms with Crippen LogP contribution >= 0.6 is 11.6 Å². The minimum absolute atomic E-state index is 0.295. The number of halogens is 2. The molecular formula is C12H10ClFN2. The van der Waals surface area contributed by atoms with Crippen LogP contribution in [0.3, 0.4) is 0 Å². The Morgan fingerprint density at radius 2 is 1.81 bits per heavy atom. The fourth-order valence-corrected chi connectivity index (χ4v) is 1.76. The van der Waals surface area contributed by atoms with Crippen LogP contribution < -0.4 is 0 Å². The van der Waals surface area contributed by atoms with E-state index >= 15 is 0 Å². The molecule has 4 heteroatoms. The Hall–Kier alpha value is -1.48.